The van der Waals surface area contributed by atoms with Crippen LogP contribution < -0.4 is 15.8 Å². The molecule has 0 aliphatic carbocycles. The lowest BCUT2D eigenvalue weighted by Crippen LogP contribution is -2.24. The standard InChI is InChI=1S/C14H14ClN3O2/c1-20-12-6-2-4-10(15)9(12)8-17-14(19)11-5-3-7-13(16)18-11/h2-7H,8H2,1H3,(H2,16,18)(H,17,19). The lowest BCUT2D eigenvalue weighted by Gasteiger charge is -2.11. The van der Waals surface area contributed by atoms with Crippen LogP contribution in [0.3, 0.4) is 0 Å². The molecule has 0 fully saturated rings. The van der Waals surface area contributed by atoms with Crippen LogP contribution in [-0.2, 0) is 6.54 Å². The molecule has 0 aliphatic heterocycles. The van der Waals surface area contributed by atoms with Gasteiger partial charge in [0.1, 0.15) is 17.3 Å². The summed E-state index contributed by atoms with van der Waals surface area (Å²) in [6.07, 6.45) is 0. The molecular formula is C14H14ClN3O2. The van der Waals surface area contributed by atoms with E-state index < -0.39 is 0 Å². The number of halogens is 1. The first kappa shape index (κ1) is 14.1. The van der Waals surface area contributed by atoms with Gasteiger partial charge in [-0.2, -0.15) is 0 Å². The molecule has 0 unspecified atom stereocenters. The van der Waals surface area contributed by atoms with Gasteiger partial charge in [0.25, 0.3) is 5.91 Å². The molecule has 0 spiro atoms. The van der Waals surface area contributed by atoms with Crippen LogP contribution in [0, 0.1) is 0 Å². The molecule has 20 heavy (non-hydrogen) atoms. The number of carbonyl (C=O) groups excluding carboxylic acids is 1. The summed E-state index contributed by atoms with van der Waals surface area (Å²) in [5.41, 5.74) is 6.52. The number of nitrogens with zero attached hydrogens (tertiary/aromatic N) is 1. The first-order chi connectivity index (χ1) is 9.61. The number of rotatable bonds is 4. The van der Waals surface area contributed by atoms with E-state index in [2.05, 4.69) is 10.3 Å². The molecule has 0 aliphatic rings. The van der Waals surface area contributed by atoms with Crippen molar-refractivity contribution < 1.29 is 9.53 Å². The summed E-state index contributed by atoms with van der Waals surface area (Å²) < 4.78 is 5.21. The normalized spacial score (nSPS) is 10.1. The van der Waals surface area contributed by atoms with Crippen molar-refractivity contribution in [2.24, 2.45) is 0 Å². The number of amides is 1. The summed E-state index contributed by atoms with van der Waals surface area (Å²) in [6, 6.07) is 10.2. The van der Waals surface area contributed by atoms with Gasteiger partial charge in [-0.3, -0.25) is 4.79 Å². The Balaban J connectivity index is 2.11. The number of anilines is 1. The molecule has 0 saturated carbocycles. The number of hydrogen-bond acceptors (Lipinski definition) is 4. The van der Waals surface area contributed by atoms with Crippen LogP contribution >= 0.6 is 11.6 Å². The van der Waals surface area contributed by atoms with Crippen LogP contribution in [0.15, 0.2) is 36.4 Å². The number of ether oxygens (including phenoxy) is 1. The van der Waals surface area contributed by atoms with E-state index >= 15 is 0 Å². The average Bonchev–Trinajstić information content (AvgIpc) is 2.45. The summed E-state index contributed by atoms with van der Waals surface area (Å²) in [5.74, 6) is 0.602. The van der Waals surface area contributed by atoms with E-state index in [0.29, 0.717) is 22.2 Å². The maximum atomic E-state index is 12.0. The van der Waals surface area contributed by atoms with Crippen LogP contribution in [0.2, 0.25) is 5.02 Å². The van der Waals surface area contributed by atoms with Crippen molar-refractivity contribution in [3.05, 3.63) is 52.7 Å². The number of methoxy groups -OCH3 is 1. The zero-order valence-electron chi connectivity index (χ0n) is 10.9. The number of nitrogens with two attached hydrogens (primary N) is 1. The minimum absolute atomic E-state index is 0.248. The number of hydrogen-bond donors (Lipinski definition) is 2. The molecule has 2 aromatic rings. The molecule has 1 heterocycles. The minimum Gasteiger partial charge on any atom is -0.496 e. The average molecular weight is 292 g/mol. The van der Waals surface area contributed by atoms with Crippen LogP contribution in [0.25, 0.3) is 0 Å². The first-order valence-electron chi connectivity index (χ1n) is 5.94. The molecule has 104 valence electrons. The molecule has 0 radical (unpaired) electrons. The Labute approximate surface area is 121 Å². The highest BCUT2D eigenvalue weighted by Crippen LogP contribution is 2.25. The summed E-state index contributed by atoms with van der Waals surface area (Å²) in [4.78, 5) is 15.9. The predicted molar refractivity (Wildman–Crippen MR) is 77.8 cm³/mol. The lowest BCUT2D eigenvalue weighted by atomic mass is 10.2. The van der Waals surface area contributed by atoms with Gasteiger partial charge in [0.05, 0.1) is 7.11 Å². The van der Waals surface area contributed by atoms with Gasteiger partial charge >= 0.3 is 0 Å². The van der Waals surface area contributed by atoms with E-state index in [1.807, 2.05) is 0 Å². The molecular weight excluding hydrogens is 278 g/mol. The Kier molecular flexibility index (Phi) is 4.42. The number of carbonyl (C=O) groups is 1. The summed E-state index contributed by atoms with van der Waals surface area (Å²) in [5, 5.41) is 3.27. The third-order valence-electron chi connectivity index (χ3n) is 2.72. The van der Waals surface area contributed by atoms with Crippen molar-refractivity contribution >= 4 is 23.3 Å². The molecule has 1 amide bonds. The number of pyridine rings is 1. The highest BCUT2D eigenvalue weighted by molar-refractivity contribution is 6.31. The molecule has 0 saturated heterocycles. The second-order valence-corrected chi connectivity index (χ2v) is 4.46. The maximum absolute atomic E-state index is 12.0. The first-order valence-corrected chi connectivity index (χ1v) is 6.31. The van der Waals surface area contributed by atoms with Crippen molar-refractivity contribution in [2.45, 2.75) is 6.54 Å². The zero-order valence-corrected chi connectivity index (χ0v) is 11.6. The van der Waals surface area contributed by atoms with E-state index in [1.165, 1.54) is 0 Å². The van der Waals surface area contributed by atoms with Gasteiger partial charge in [0.15, 0.2) is 0 Å². The molecule has 1 aromatic heterocycles. The molecule has 2 rings (SSSR count). The van der Waals surface area contributed by atoms with Gasteiger partial charge < -0.3 is 15.8 Å². The van der Waals surface area contributed by atoms with Crippen molar-refractivity contribution in [1.29, 1.82) is 0 Å². The van der Waals surface area contributed by atoms with Crippen molar-refractivity contribution in [1.82, 2.24) is 10.3 Å². The summed E-state index contributed by atoms with van der Waals surface area (Å²) in [7, 11) is 1.55. The Morgan fingerprint density at radius 3 is 2.80 bits per heavy atom. The van der Waals surface area contributed by atoms with Gasteiger partial charge in [0, 0.05) is 17.1 Å². The molecule has 0 atom stereocenters. The Morgan fingerprint density at radius 2 is 2.10 bits per heavy atom. The second-order valence-electron chi connectivity index (χ2n) is 4.05. The molecule has 1 aromatic carbocycles. The summed E-state index contributed by atoms with van der Waals surface area (Å²) in [6.45, 7) is 0.248. The van der Waals surface area contributed by atoms with E-state index in [4.69, 9.17) is 22.1 Å². The van der Waals surface area contributed by atoms with Gasteiger partial charge in [-0.25, -0.2) is 4.98 Å². The smallest absolute Gasteiger partial charge is 0.270 e. The quantitative estimate of drug-likeness (QED) is 0.906. The topological polar surface area (TPSA) is 77.2 Å². The van der Waals surface area contributed by atoms with Crippen LogP contribution in [0.1, 0.15) is 16.1 Å². The zero-order chi connectivity index (χ0) is 14.5. The van der Waals surface area contributed by atoms with Crippen LogP contribution in [0.5, 0.6) is 5.75 Å². The minimum atomic E-state index is -0.320. The molecule has 5 nitrogen and oxygen atoms in total. The monoisotopic (exact) mass is 291 g/mol. The van der Waals surface area contributed by atoms with Crippen LogP contribution in [0.4, 0.5) is 5.82 Å². The largest absolute Gasteiger partial charge is 0.496 e. The molecule has 6 heteroatoms. The van der Waals surface area contributed by atoms with Gasteiger partial charge in [-0.05, 0) is 24.3 Å². The van der Waals surface area contributed by atoms with Gasteiger partial charge in [0.2, 0.25) is 0 Å². The van der Waals surface area contributed by atoms with E-state index in [1.54, 1.807) is 43.5 Å². The predicted octanol–water partition coefficient (Wildman–Crippen LogP) is 2.26. The lowest BCUT2D eigenvalue weighted by molar-refractivity contribution is 0.0946. The Bertz CT molecular complexity index is 632. The summed E-state index contributed by atoms with van der Waals surface area (Å²) >= 11 is 6.10. The Hall–Kier alpha value is -2.27. The highest BCUT2D eigenvalue weighted by Gasteiger charge is 2.11. The van der Waals surface area contributed by atoms with E-state index in [9.17, 15) is 4.79 Å². The van der Waals surface area contributed by atoms with Crippen molar-refractivity contribution in [2.75, 3.05) is 12.8 Å². The SMILES string of the molecule is COc1cccc(Cl)c1CNC(=O)c1cccc(N)n1. The van der Waals surface area contributed by atoms with Crippen molar-refractivity contribution in [3.63, 3.8) is 0 Å². The second kappa shape index (κ2) is 6.25. The van der Waals surface area contributed by atoms with Gasteiger partial charge in [-0.1, -0.05) is 23.7 Å². The number of benzene rings is 1. The maximum Gasteiger partial charge on any atom is 0.270 e. The number of nitrogens with one attached hydrogen (secondary N) is 1. The highest BCUT2D eigenvalue weighted by atomic mass is 35.5. The Morgan fingerprint density at radius 1 is 1.35 bits per heavy atom. The molecule has 3 N–H and O–H groups in total. The fourth-order valence-electron chi connectivity index (χ4n) is 1.74. The fourth-order valence-corrected chi connectivity index (χ4v) is 1.97. The van der Waals surface area contributed by atoms with E-state index in [0.717, 1.165) is 0 Å². The third kappa shape index (κ3) is 3.19. The molecule has 0 bridgehead atoms. The van der Waals surface area contributed by atoms with Crippen molar-refractivity contribution in [3.8, 4) is 5.75 Å². The van der Waals surface area contributed by atoms with Crippen LogP contribution in [-0.4, -0.2) is 18.0 Å². The fraction of sp³-hybridized carbons (Fsp3) is 0.143. The number of aromatic nitrogens is 1. The van der Waals surface area contributed by atoms with Gasteiger partial charge in [-0.15, -0.1) is 0 Å². The number of nitrogen functional groups attached to an aromatic ring is 1. The third-order valence-corrected chi connectivity index (χ3v) is 3.08. The van der Waals surface area contributed by atoms with E-state index in [-0.39, 0.29) is 18.1 Å².